The zero-order chi connectivity index (χ0) is 11.7. The molecule has 16 heavy (non-hydrogen) atoms. The molecule has 0 aliphatic heterocycles. The predicted molar refractivity (Wildman–Crippen MR) is 54.6 cm³/mol. The third-order valence-corrected chi connectivity index (χ3v) is 1.98. The molecular formula is C10H7F2N3O. The van der Waals surface area contributed by atoms with Crippen LogP contribution in [0.25, 0.3) is 11.3 Å². The van der Waals surface area contributed by atoms with E-state index in [-0.39, 0.29) is 17.2 Å². The molecule has 0 aliphatic rings. The Morgan fingerprint density at radius 3 is 2.56 bits per heavy atom. The normalized spacial score (nSPS) is 10.4. The number of hydrogen-bond donors (Lipinski definition) is 2. The summed E-state index contributed by atoms with van der Waals surface area (Å²) in [4.78, 5) is 17.2. The van der Waals surface area contributed by atoms with E-state index < -0.39 is 17.2 Å². The van der Waals surface area contributed by atoms with Crippen molar-refractivity contribution < 1.29 is 8.78 Å². The molecule has 0 spiro atoms. The molecule has 1 aromatic carbocycles. The van der Waals surface area contributed by atoms with Gasteiger partial charge in [0.1, 0.15) is 0 Å². The number of nitrogens with zero attached hydrogens (tertiary/aromatic N) is 1. The van der Waals surface area contributed by atoms with Crippen molar-refractivity contribution in [3.05, 3.63) is 46.3 Å². The summed E-state index contributed by atoms with van der Waals surface area (Å²) in [7, 11) is 0. The highest BCUT2D eigenvalue weighted by Gasteiger charge is 2.06. The third-order valence-electron chi connectivity index (χ3n) is 1.98. The van der Waals surface area contributed by atoms with Crippen LogP contribution in [-0.4, -0.2) is 9.97 Å². The number of nitrogens with one attached hydrogen (secondary N) is 1. The Hall–Kier alpha value is -2.24. The lowest BCUT2D eigenvalue weighted by Crippen LogP contribution is -2.10. The van der Waals surface area contributed by atoms with Gasteiger partial charge < -0.3 is 5.73 Å². The Labute approximate surface area is 88.8 Å². The van der Waals surface area contributed by atoms with Gasteiger partial charge in [-0.2, -0.15) is 0 Å². The van der Waals surface area contributed by atoms with Gasteiger partial charge in [0.15, 0.2) is 11.6 Å². The molecule has 6 heteroatoms. The molecule has 0 bridgehead atoms. The predicted octanol–water partition coefficient (Wildman–Crippen LogP) is 1.30. The van der Waals surface area contributed by atoms with Crippen LogP contribution in [0.15, 0.2) is 29.1 Å². The number of anilines is 1. The van der Waals surface area contributed by atoms with E-state index in [0.717, 1.165) is 18.2 Å². The van der Waals surface area contributed by atoms with Crippen molar-refractivity contribution in [2.45, 2.75) is 0 Å². The van der Waals surface area contributed by atoms with E-state index in [4.69, 9.17) is 5.73 Å². The van der Waals surface area contributed by atoms with E-state index >= 15 is 0 Å². The molecule has 0 radical (unpaired) electrons. The van der Waals surface area contributed by atoms with Gasteiger partial charge in [-0.15, -0.1) is 0 Å². The summed E-state index contributed by atoms with van der Waals surface area (Å²) in [6.07, 6.45) is 0. The van der Waals surface area contributed by atoms with Crippen LogP contribution in [0.3, 0.4) is 0 Å². The molecule has 1 heterocycles. The first-order chi connectivity index (χ1) is 7.56. The van der Waals surface area contributed by atoms with E-state index in [1.807, 2.05) is 0 Å². The van der Waals surface area contributed by atoms with Gasteiger partial charge in [0, 0.05) is 11.6 Å². The lowest BCUT2D eigenvalue weighted by molar-refractivity contribution is 0.509. The van der Waals surface area contributed by atoms with Gasteiger partial charge in [0.2, 0.25) is 5.95 Å². The summed E-state index contributed by atoms with van der Waals surface area (Å²) >= 11 is 0. The topological polar surface area (TPSA) is 71.8 Å². The van der Waals surface area contributed by atoms with Crippen LogP contribution >= 0.6 is 0 Å². The number of benzene rings is 1. The lowest BCUT2D eigenvalue weighted by atomic mass is 10.1. The number of halogens is 2. The average Bonchev–Trinajstić information content (AvgIpc) is 2.20. The second kappa shape index (κ2) is 3.73. The highest BCUT2D eigenvalue weighted by atomic mass is 19.2. The minimum Gasteiger partial charge on any atom is -0.369 e. The second-order valence-electron chi connectivity index (χ2n) is 3.14. The standard InChI is InChI=1S/C10H7F2N3O/c11-6-2-1-5(3-7(6)12)8-4-9(16)15-10(13)14-8/h1-4H,(H3,13,14,15,16). The van der Waals surface area contributed by atoms with E-state index in [0.29, 0.717) is 0 Å². The summed E-state index contributed by atoms with van der Waals surface area (Å²) in [6.45, 7) is 0. The van der Waals surface area contributed by atoms with Crippen LogP contribution in [-0.2, 0) is 0 Å². The van der Waals surface area contributed by atoms with Crippen LogP contribution in [0, 0.1) is 11.6 Å². The highest BCUT2D eigenvalue weighted by Crippen LogP contribution is 2.18. The average molecular weight is 223 g/mol. The van der Waals surface area contributed by atoms with Crippen LogP contribution < -0.4 is 11.3 Å². The maximum atomic E-state index is 12.9. The molecule has 3 N–H and O–H groups in total. The maximum absolute atomic E-state index is 12.9. The van der Waals surface area contributed by atoms with E-state index in [9.17, 15) is 13.6 Å². The third kappa shape index (κ3) is 1.90. The summed E-state index contributed by atoms with van der Waals surface area (Å²) in [5, 5.41) is 0. The zero-order valence-electron chi connectivity index (χ0n) is 8.00. The van der Waals surface area contributed by atoms with Gasteiger partial charge in [-0.05, 0) is 18.2 Å². The van der Waals surface area contributed by atoms with Gasteiger partial charge in [-0.3, -0.25) is 9.78 Å². The van der Waals surface area contributed by atoms with Crippen LogP contribution in [0.2, 0.25) is 0 Å². The van der Waals surface area contributed by atoms with Gasteiger partial charge >= 0.3 is 0 Å². The first-order valence-corrected chi connectivity index (χ1v) is 4.38. The van der Waals surface area contributed by atoms with Crippen LogP contribution in [0.5, 0.6) is 0 Å². The van der Waals surface area contributed by atoms with Crippen LogP contribution in [0.1, 0.15) is 0 Å². The maximum Gasteiger partial charge on any atom is 0.252 e. The van der Waals surface area contributed by atoms with Crippen molar-refractivity contribution in [1.82, 2.24) is 9.97 Å². The fourth-order valence-electron chi connectivity index (χ4n) is 1.28. The molecule has 0 fully saturated rings. The highest BCUT2D eigenvalue weighted by molar-refractivity contribution is 5.59. The fraction of sp³-hybridized carbons (Fsp3) is 0. The van der Waals surface area contributed by atoms with E-state index in [2.05, 4.69) is 9.97 Å². The first kappa shape index (κ1) is 10.3. The Morgan fingerprint density at radius 1 is 1.19 bits per heavy atom. The monoisotopic (exact) mass is 223 g/mol. The number of aromatic nitrogens is 2. The van der Waals surface area contributed by atoms with Crippen LogP contribution in [0.4, 0.5) is 14.7 Å². The minimum atomic E-state index is -1.00. The number of nitrogen functional groups attached to an aromatic ring is 1. The summed E-state index contributed by atoms with van der Waals surface area (Å²) in [6, 6.07) is 4.39. The van der Waals surface area contributed by atoms with E-state index in [1.54, 1.807) is 0 Å². The molecule has 4 nitrogen and oxygen atoms in total. The molecule has 0 atom stereocenters. The molecule has 0 saturated carbocycles. The van der Waals surface area contributed by atoms with Crippen molar-refractivity contribution in [2.75, 3.05) is 5.73 Å². The fourth-order valence-corrected chi connectivity index (χ4v) is 1.28. The number of rotatable bonds is 1. The van der Waals surface area contributed by atoms with Gasteiger partial charge in [0.05, 0.1) is 5.69 Å². The van der Waals surface area contributed by atoms with Gasteiger partial charge in [-0.1, -0.05) is 0 Å². The lowest BCUT2D eigenvalue weighted by Gasteiger charge is -2.01. The minimum absolute atomic E-state index is 0.0766. The molecule has 2 rings (SSSR count). The first-order valence-electron chi connectivity index (χ1n) is 4.38. The smallest absolute Gasteiger partial charge is 0.252 e. The van der Waals surface area contributed by atoms with E-state index in [1.165, 1.54) is 6.07 Å². The SMILES string of the molecule is Nc1nc(-c2ccc(F)c(F)c2)cc(=O)[nH]1. The quantitative estimate of drug-likeness (QED) is 0.765. The van der Waals surface area contributed by atoms with Crippen molar-refractivity contribution in [1.29, 1.82) is 0 Å². The molecule has 1 aromatic heterocycles. The Balaban J connectivity index is 2.58. The molecule has 0 unspecified atom stereocenters. The number of aromatic amines is 1. The van der Waals surface area contributed by atoms with Crippen molar-refractivity contribution in [3.63, 3.8) is 0 Å². The summed E-state index contributed by atoms with van der Waals surface area (Å²) < 4.78 is 25.6. The Morgan fingerprint density at radius 2 is 1.94 bits per heavy atom. The molecule has 0 aliphatic carbocycles. The zero-order valence-corrected chi connectivity index (χ0v) is 8.00. The molecule has 0 saturated heterocycles. The molecular weight excluding hydrogens is 216 g/mol. The van der Waals surface area contributed by atoms with Crippen molar-refractivity contribution in [2.24, 2.45) is 0 Å². The molecule has 2 aromatic rings. The molecule has 0 amide bonds. The van der Waals surface area contributed by atoms with Gasteiger partial charge in [0.25, 0.3) is 5.56 Å². The number of hydrogen-bond acceptors (Lipinski definition) is 3. The second-order valence-corrected chi connectivity index (χ2v) is 3.14. The number of H-pyrrole nitrogens is 1. The summed E-state index contributed by atoms with van der Waals surface area (Å²) in [5.74, 6) is -2.04. The van der Waals surface area contributed by atoms with Crippen molar-refractivity contribution >= 4 is 5.95 Å². The van der Waals surface area contributed by atoms with Crippen molar-refractivity contribution in [3.8, 4) is 11.3 Å². The molecule has 82 valence electrons. The number of nitrogens with two attached hydrogens (primary N) is 1. The Bertz CT molecular complexity index is 595. The Kier molecular flexibility index (Phi) is 2.40. The summed E-state index contributed by atoms with van der Waals surface area (Å²) in [5.41, 5.74) is 5.36. The van der Waals surface area contributed by atoms with Gasteiger partial charge in [-0.25, -0.2) is 13.8 Å². The largest absolute Gasteiger partial charge is 0.369 e.